The number of carbonyl (C=O) groups excluding carboxylic acids is 1. The molecule has 3 aromatic rings. The fourth-order valence-electron chi connectivity index (χ4n) is 3.02. The number of piperidine rings is 1. The van der Waals surface area contributed by atoms with E-state index in [1.807, 2.05) is 46.6 Å². The zero-order valence-electron chi connectivity index (χ0n) is 13.7. The zero-order valence-corrected chi connectivity index (χ0v) is 14.5. The van der Waals surface area contributed by atoms with E-state index >= 15 is 0 Å². The van der Waals surface area contributed by atoms with Gasteiger partial charge in [0.25, 0.3) is 5.91 Å². The molecule has 3 heterocycles. The van der Waals surface area contributed by atoms with E-state index in [0.717, 1.165) is 35.6 Å². The Morgan fingerprint density at radius 3 is 2.92 bits per heavy atom. The van der Waals surface area contributed by atoms with E-state index in [2.05, 4.69) is 10.1 Å². The first-order valence-electron chi connectivity index (χ1n) is 8.31. The van der Waals surface area contributed by atoms with Crippen molar-refractivity contribution in [3.63, 3.8) is 0 Å². The molecule has 0 bridgehead atoms. The first-order chi connectivity index (χ1) is 12.2. The predicted molar refractivity (Wildman–Crippen MR) is 97.8 cm³/mol. The van der Waals surface area contributed by atoms with Crippen molar-refractivity contribution in [2.45, 2.75) is 18.9 Å². The number of benzene rings is 1. The molecule has 4 rings (SSSR count). The van der Waals surface area contributed by atoms with Crippen molar-refractivity contribution in [3.8, 4) is 16.3 Å². The van der Waals surface area contributed by atoms with Gasteiger partial charge in [0.2, 0.25) is 0 Å². The molecule has 0 aliphatic carbocycles. The van der Waals surface area contributed by atoms with Crippen LogP contribution in [0.1, 0.15) is 23.3 Å². The Labute approximate surface area is 149 Å². The molecule has 0 radical (unpaired) electrons. The Kier molecular flexibility index (Phi) is 4.33. The molecule has 1 aliphatic rings. The van der Waals surface area contributed by atoms with E-state index in [-0.39, 0.29) is 11.9 Å². The summed E-state index contributed by atoms with van der Waals surface area (Å²) in [6.07, 6.45) is 5.63. The van der Waals surface area contributed by atoms with Gasteiger partial charge in [-0.2, -0.15) is 5.10 Å². The average molecular weight is 353 g/mol. The van der Waals surface area contributed by atoms with Gasteiger partial charge in [0.15, 0.2) is 0 Å². The summed E-state index contributed by atoms with van der Waals surface area (Å²) >= 11 is 1.46. The first-order valence-corrected chi connectivity index (χ1v) is 9.19. The van der Waals surface area contributed by atoms with Crippen LogP contribution in [-0.4, -0.2) is 44.7 Å². The lowest BCUT2D eigenvalue weighted by Crippen LogP contribution is -2.45. The first kappa shape index (κ1) is 16.0. The number of thiazole rings is 1. The number of hydrogen-bond acceptors (Lipinski definition) is 5. The van der Waals surface area contributed by atoms with Crippen LogP contribution in [0.25, 0.3) is 16.3 Å². The number of likely N-dealkylation sites (tertiary alicyclic amines) is 1. The van der Waals surface area contributed by atoms with Crippen LogP contribution >= 0.6 is 11.3 Å². The van der Waals surface area contributed by atoms with E-state index in [1.54, 1.807) is 11.1 Å². The summed E-state index contributed by atoms with van der Waals surface area (Å²) in [5, 5.41) is 7.00. The van der Waals surface area contributed by atoms with E-state index in [4.69, 9.17) is 5.73 Å². The molecule has 0 saturated carbocycles. The molecule has 2 aromatic heterocycles. The second kappa shape index (κ2) is 6.78. The molecule has 1 aliphatic heterocycles. The number of rotatable bonds is 3. The monoisotopic (exact) mass is 353 g/mol. The Morgan fingerprint density at radius 1 is 1.28 bits per heavy atom. The fraction of sp³-hybridized carbons (Fsp3) is 0.278. The van der Waals surface area contributed by atoms with Crippen LogP contribution in [0.2, 0.25) is 0 Å². The van der Waals surface area contributed by atoms with E-state index < -0.39 is 0 Å². The number of aromatic nitrogens is 3. The Morgan fingerprint density at radius 2 is 2.12 bits per heavy atom. The van der Waals surface area contributed by atoms with Crippen LogP contribution < -0.4 is 5.73 Å². The topological polar surface area (TPSA) is 77.0 Å². The number of para-hydroxylation sites is 1. The molecule has 0 spiro atoms. The summed E-state index contributed by atoms with van der Waals surface area (Å²) in [5.41, 5.74) is 8.36. The fourth-order valence-corrected chi connectivity index (χ4v) is 3.79. The van der Waals surface area contributed by atoms with Crippen molar-refractivity contribution >= 4 is 17.2 Å². The van der Waals surface area contributed by atoms with E-state index in [9.17, 15) is 4.79 Å². The van der Waals surface area contributed by atoms with Gasteiger partial charge in [0, 0.05) is 36.3 Å². The lowest BCUT2D eigenvalue weighted by molar-refractivity contribution is 0.0704. The summed E-state index contributed by atoms with van der Waals surface area (Å²) in [5.74, 6) is -0.0342. The number of amides is 1. The Balaban J connectivity index is 1.53. The van der Waals surface area contributed by atoms with E-state index in [1.165, 1.54) is 11.3 Å². The Bertz CT molecular complexity index is 872. The minimum Gasteiger partial charge on any atom is -0.336 e. The van der Waals surface area contributed by atoms with Gasteiger partial charge in [-0.1, -0.05) is 18.2 Å². The molecular formula is C18H19N5OS. The maximum atomic E-state index is 12.6. The summed E-state index contributed by atoms with van der Waals surface area (Å²) < 4.78 is 1.81. The summed E-state index contributed by atoms with van der Waals surface area (Å²) in [6.45, 7) is 1.36. The van der Waals surface area contributed by atoms with Crippen LogP contribution in [0.5, 0.6) is 0 Å². The minimum atomic E-state index is -0.0342. The van der Waals surface area contributed by atoms with Crippen molar-refractivity contribution in [1.82, 2.24) is 19.7 Å². The minimum absolute atomic E-state index is 0.0342. The number of nitrogens with two attached hydrogens (primary N) is 1. The second-order valence-corrected chi connectivity index (χ2v) is 7.06. The highest BCUT2D eigenvalue weighted by Gasteiger charge is 2.24. The average Bonchev–Trinajstić information content (AvgIpc) is 3.31. The van der Waals surface area contributed by atoms with Gasteiger partial charge in [-0.25, -0.2) is 9.67 Å². The molecule has 1 atom stereocenters. The lowest BCUT2D eigenvalue weighted by Gasteiger charge is -2.30. The van der Waals surface area contributed by atoms with Crippen LogP contribution in [0.4, 0.5) is 0 Å². The number of carbonyl (C=O) groups is 1. The van der Waals surface area contributed by atoms with Crippen molar-refractivity contribution in [2.24, 2.45) is 5.73 Å². The molecule has 1 aromatic carbocycles. The standard InChI is InChI=1S/C18H19N5OS/c19-14-5-4-8-22(11-14)18(24)16-12-25-17(21-16)13-9-20-23(10-13)15-6-2-1-3-7-15/h1-3,6-7,9-10,12,14H,4-5,8,11,19H2/t14-/m0/s1. The summed E-state index contributed by atoms with van der Waals surface area (Å²) in [7, 11) is 0. The van der Waals surface area contributed by atoms with Crippen LogP contribution in [0, 0.1) is 0 Å². The van der Waals surface area contributed by atoms with Gasteiger partial charge in [-0.15, -0.1) is 11.3 Å². The normalized spacial score (nSPS) is 17.6. The van der Waals surface area contributed by atoms with Gasteiger partial charge in [0.05, 0.1) is 11.9 Å². The van der Waals surface area contributed by atoms with Gasteiger partial charge < -0.3 is 10.6 Å². The molecule has 1 amide bonds. The van der Waals surface area contributed by atoms with Crippen molar-refractivity contribution in [3.05, 3.63) is 53.8 Å². The van der Waals surface area contributed by atoms with Crippen LogP contribution in [0.15, 0.2) is 48.1 Å². The molecular weight excluding hydrogens is 334 g/mol. The van der Waals surface area contributed by atoms with Crippen molar-refractivity contribution in [1.29, 1.82) is 0 Å². The maximum Gasteiger partial charge on any atom is 0.273 e. The molecule has 7 heteroatoms. The van der Waals surface area contributed by atoms with Gasteiger partial charge in [0.1, 0.15) is 10.7 Å². The third kappa shape index (κ3) is 3.33. The molecule has 0 unspecified atom stereocenters. The molecule has 128 valence electrons. The van der Waals surface area contributed by atoms with E-state index in [0.29, 0.717) is 12.2 Å². The van der Waals surface area contributed by atoms with Crippen LogP contribution in [-0.2, 0) is 0 Å². The number of nitrogens with zero attached hydrogens (tertiary/aromatic N) is 4. The van der Waals surface area contributed by atoms with Crippen molar-refractivity contribution in [2.75, 3.05) is 13.1 Å². The molecule has 2 N–H and O–H groups in total. The summed E-state index contributed by atoms with van der Waals surface area (Å²) in [6, 6.07) is 9.97. The third-order valence-electron chi connectivity index (χ3n) is 4.32. The SMILES string of the molecule is N[C@H]1CCCN(C(=O)c2csc(-c3cnn(-c4ccccc4)c3)n2)C1. The highest BCUT2D eigenvalue weighted by molar-refractivity contribution is 7.13. The zero-order chi connectivity index (χ0) is 17.2. The molecule has 6 nitrogen and oxygen atoms in total. The quantitative estimate of drug-likeness (QED) is 0.785. The highest BCUT2D eigenvalue weighted by Crippen LogP contribution is 2.25. The van der Waals surface area contributed by atoms with Gasteiger partial charge in [-0.3, -0.25) is 4.79 Å². The predicted octanol–water partition coefficient (Wildman–Crippen LogP) is 2.56. The smallest absolute Gasteiger partial charge is 0.273 e. The second-order valence-electron chi connectivity index (χ2n) is 6.20. The molecule has 25 heavy (non-hydrogen) atoms. The number of hydrogen-bond donors (Lipinski definition) is 1. The molecule has 1 saturated heterocycles. The van der Waals surface area contributed by atoms with Crippen molar-refractivity contribution < 1.29 is 4.79 Å². The Hall–Kier alpha value is -2.51. The molecule has 1 fully saturated rings. The van der Waals surface area contributed by atoms with Gasteiger partial charge >= 0.3 is 0 Å². The summed E-state index contributed by atoms with van der Waals surface area (Å²) in [4.78, 5) is 18.9. The largest absolute Gasteiger partial charge is 0.336 e. The van der Waals surface area contributed by atoms with Gasteiger partial charge in [-0.05, 0) is 25.0 Å². The third-order valence-corrected chi connectivity index (χ3v) is 5.21. The highest BCUT2D eigenvalue weighted by atomic mass is 32.1. The maximum absolute atomic E-state index is 12.6. The lowest BCUT2D eigenvalue weighted by atomic mass is 10.1. The van der Waals surface area contributed by atoms with Crippen LogP contribution in [0.3, 0.4) is 0 Å².